The van der Waals surface area contributed by atoms with Crippen LogP contribution in [-0.4, -0.2) is 67.8 Å². The van der Waals surface area contributed by atoms with E-state index >= 15 is 0 Å². The van der Waals surface area contributed by atoms with Crippen LogP contribution in [0, 0.1) is 0 Å². The van der Waals surface area contributed by atoms with Gasteiger partial charge < -0.3 is 23.7 Å². The number of carbonyl (C=O) groups excluding carboxylic acids is 1. The van der Waals surface area contributed by atoms with E-state index < -0.39 is 0 Å². The summed E-state index contributed by atoms with van der Waals surface area (Å²) in [6.45, 7) is 3.80. The van der Waals surface area contributed by atoms with E-state index in [1.165, 1.54) is 5.56 Å². The lowest BCUT2D eigenvalue weighted by molar-refractivity contribution is -0.133. The number of benzene rings is 1. The third-order valence-corrected chi connectivity index (χ3v) is 6.89. The topological polar surface area (TPSA) is 56.2 Å². The summed E-state index contributed by atoms with van der Waals surface area (Å²) in [7, 11) is 4.88. The van der Waals surface area contributed by atoms with E-state index in [9.17, 15) is 4.79 Å². The average molecular weight is 470 g/mol. The number of rotatable bonds is 9. The van der Waals surface area contributed by atoms with Gasteiger partial charge in [0.15, 0.2) is 11.5 Å². The first-order valence-corrected chi connectivity index (χ1v) is 12.0. The molecule has 0 saturated carbocycles. The first-order chi connectivity index (χ1) is 16.1. The van der Waals surface area contributed by atoms with Gasteiger partial charge in [-0.25, -0.2) is 0 Å². The fraction of sp³-hybridized carbons (Fsp3) is 0.400. The monoisotopic (exact) mass is 469 g/mol. The number of amides is 1. The smallest absolute Gasteiger partial charge is 0.225 e. The second-order valence-electron chi connectivity index (χ2n) is 8.06. The lowest BCUT2D eigenvalue weighted by atomic mass is 10.1. The molecule has 4 rings (SSSR count). The van der Waals surface area contributed by atoms with Crippen molar-refractivity contribution in [1.29, 1.82) is 0 Å². The molecule has 2 aromatic heterocycles. The maximum absolute atomic E-state index is 13.2. The first-order valence-electron chi connectivity index (χ1n) is 11.1. The number of thiophene rings is 1. The van der Waals surface area contributed by atoms with Crippen LogP contribution in [0.4, 0.5) is 0 Å². The second-order valence-corrected chi connectivity index (χ2v) is 8.84. The minimum absolute atomic E-state index is 0.0350. The third kappa shape index (κ3) is 5.17. The first kappa shape index (κ1) is 23.2. The summed E-state index contributed by atoms with van der Waals surface area (Å²) in [5, 5.41) is 4.20. The van der Waals surface area contributed by atoms with E-state index in [0.717, 1.165) is 38.3 Å². The van der Waals surface area contributed by atoms with Crippen LogP contribution in [0.2, 0.25) is 0 Å². The SMILES string of the molecule is COc1ccc(CN2CCN(C(=O)C[C@H](c3ccsc3)n3cccc3)CC2)c(OC)c1OC. The Balaban J connectivity index is 1.38. The highest BCUT2D eigenvalue weighted by atomic mass is 32.1. The largest absolute Gasteiger partial charge is 0.493 e. The van der Waals surface area contributed by atoms with Crippen LogP contribution in [0.25, 0.3) is 0 Å². The van der Waals surface area contributed by atoms with Gasteiger partial charge in [0, 0.05) is 50.7 Å². The van der Waals surface area contributed by atoms with Crippen LogP contribution in [0.15, 0.2) is 53.5 Å². The Hall–Kier alpha value is -2.97. The summed E-state index contributed by atoms with van der Waals surface area (Å²) in [5.41, 5.74) is 2.23. The highest BCUT2D eigenvalue weighted by Crippen LogP contribution is 2.40. The van der Waals surface area contributed by atoms with Crippen molar-refractivity contribution in [3.05, 3.63) is 64.6 Å². The number of hydrogen-bond donors (Lipinski definition) is 0. The molecule has 0 aliphatic carbocycles. The molecule has 8 heteroatoms. The van der Waals surface area contributed by atoms with Crippen LogP contribution in [0.3, 0.4) is 0 Å². The summed E-state index contributed by atoms with van der Waals surface area (Å²) >= 11 is 1.66. The van der Waals surface area contributed by atoms with Crippen LogP contribution in [-0.2, 0) is 11.3 Å². The molecule has 0 radical (unpaired) electrons. The lowest BCUT2D eigenvalue weighted by Gasteiger charge is -2.35. The molecule has 33 heavy (non-hydrogen) atoms. The lowest BCUT2D eigenvalue weighted by Crippen LogP contribution is -2.48. The third-order valence-electron chi connectivity index (χ3n) is 6.19. The summed E-state index contributed by atoms with van der Waals surface area (Å²) in [5.74, 6) is 2.15. The molecule has 1 fully saturated rings. The van der Waals surface area contributed by atoms with Gasteiger partial charge in [-0.1, -0.05) is 6.07 Å². The van der Waals surface area contributed by atoms with Gasteiger partial charge in [-0.15, -0.1) is 0 Å². The maximum atomic E-state index is 13.2. The average Bonchev–Trinajstić information content (AvgIpc) is 3.57. The summed E-state index contributed by atoms with van der Waals surface area (Å²) in [6.07, 6.45) is 4.53. The standard InChI is InChI=1S/C25H31N3O4S/c1-30-22-7-6-19(24(31-2)25(22)32-3)17-26-11-13-28(14-12-26)23(29)16-21(20-8-15-33-18-20)27-9-4-5-10-27/h4-10,15,18,21H,11-14,16-17H2,1-3H3/t21-/m1/s1. The van der Waals surface area contributed by atoms with Crippen molar-refractivity contribution in [3.8, 4) is 17.2 Å². The van der Waals surface area contributed by atoms with E-state index in [-0.39, 0.29) is 11.9 Å². The molecule has 3 aromatic rings. The van der Waals surface area contributed by atoms with Gasteiger partial charge in [0.25, 0.3) is 0 Å². The molecule has 7 nitrogen and oxygen atoms in total. The van der Waals surface area contributed by atoms with Crippen molar-refractivity contribution in [2.75, 3.05) is 47.5 Å². The minimum Gasteiger partial charge on any atom is -0.493 e. The molecule has 1 amide bonds. The van der Waals surface area contributed by atoms with E-state index in [0.29, 0.717) is 23.7 Å². The van der Waals surface area contributed by atoms with Gasteiger partial charge in [-0.3, -0.25) is 9.69 Å². The van der Waals surface area contributed by atoms with E-state index in [1.807, 2.05) is 41.6 Å². The molecule has 176 valence electrons. The van der Waals surface area contributed by atoms with E-state index in [1.54, 1.807) is 32.7 Å². The van der Waals surface area contributed by atoms with E-state index in [2.05, 4.69) is 26.3 Å². The van der Waals surface area contributed by atoms with E-state index in [4.69, 9.17) is 14.2 Å². The Morgan fingerprint density at radius 1 is 0.970 bits per heavy atom. The zero-order valence-corrected chi connectivity index (χ0v) is 20.2. The normalized spacial score (nSPS) is 15.3. The quantitative estimate of drug-likeness (QED) is 0.476. The van der Waals surface area contributed by atoms with Crippen LogP contribution >= 0.6 is 11.3 Å². The summed E-state index contributed by atoms with van der Waals surface area (Å²) in [4.78, 5) is 17.5. The summed E-state index contributed by atoms with van der Waals surface area (Å²) in [6, 6.07) is 10.1. The van der Waals surface area contributed by atoms with Crippen LogP contribution in [0.1, 0.15) is 23.6 Å². The Bertz CT molecular complexity index is 994. The van der Waals surface area contributed by atoms with Crippen molar-refractivity contribution in [1.82, 2.24) is 14.4 Å². The van der Waals surface area contributed by atoms with Gasteiger partial charge in [0.2, 0.25) is 11.7 Å². The van der Waals surface area contributed by atoms with Gasteiger partial charge in [0.1, 0.15) is 0 Å². The molecule has 1 atom stereocenters. The number of nitrogens with zero attached hydrogens (tertiary/aromatic N) is 3. The zero-order valence-electron chi connectivity index (χ0n) is 19.4. The Kier molecular flexibility index (Phi) is 7.57. The molecule has 1 aliphatic rings. The Morgan fingerprint density at radius 2 is 1.70 bits per heavy atom. The van der Waals surface area contributed by atoms with Crippen LogP contribution < -0.4 is 14.2 Å². The predicted molar refractivity (Wildman–Crippen MR) is 129 cm³/mol. The molecule has 0 spiro atoms. The fourth-order valence-corrected chi connectivity index (χ4v) is 5.10. The molecular formula is C25H31N3O4S. The van der Waals surface area contributed by atoms with Gasteiger partial charge in [0.05, 0.1) is 33.8 Å². The predicted octanol–water partition coefficient (Wildman–Crippen LogP) is 3.90. The zero-order chi connectivity index (χ0) is 23.2. The number of carbonyl (C=O) groups is 1. The highest BCUT2D eigenvalue weighted by molar-refractivity contribution is 7.08. The van der Waals surface area contributed by atoms with Crippen molar-refractivity contribution in [2.24, 2.45) is 0 Å². The van der Waals surface area contributed by atoms with Gasteiger partial charge in [-0.2, -0.15) is 11.3 Å². The molecule has 3 heterocycles. The van der Waals surface area contributed by atoms with Crippen molar-refractivity contribution >= 4 is 17.2 Å². The number of ether oxygens (including phenoxy) is 3. The van der Waals surface area contributed by atoms with Crippen molar-refractivity contribution < 1.29 is 19.0 Å². The molecular weight excluding hydrogens is 438 g/mol. The number of piperazine rings is 1. The Morgan fingerprint density at radius 3 is 2.30 bits per heavy atom. The fourth-order valence-electron chi connectivity index (χ4n) is 4.39. The van der Waals surface area contributed by atoms with Crippen molar-refractivity contribution in [2.45, 2.75) is 19.0 Å². The minimum atomic E-state index is 0.0350. The van der Waals surface area contributed by atoms with Crippen molar-refractivity contribution in [3.63, 3.8) is 0 Å². The molecule has 0 bridgehead atoms. The molecule has 0 unspecified atom stereocenters. The summed E-state index contributed by atoms with van der Waals surface area (Å²) < 4.78 is 18.6. The number of aromatic nitrogens is 1. The highest BCUT2D eigenvalue weighted by Gasteiger charge is 2.26. The Labute approximate surface area is 199 Å². The molecule has 0 N–H and O–H groups in total. The van der Waals surface area contributed by atoms with Gasteiger partial charge in [-0.05, 0) is 40.6 Å². The molecule has 1 aromatic carbocycles. The molecule has 1 saturated heterocycles. The number of methoxy groups -OCH3 is 3. The van der Waals surface area contributed by atoms with Gasteiger partial charge >= 0.3 is 0 Å². The number of hydrogen-bond acceptors (Lipinski definition) is 6. The van der Waals surface area contributed by atoms with Crippen LogP contribution in [0.5, 0.6) is 17.2 Å². The molecule has 1 aliphatic heterocycles. The second kappa shape index (κ2) is 10.8. The maximum Gasteiger partial charge on any atom is 0.225 e.